The van der Waals surface area contributed by atoms with E-state index in [0.29, 0.717) is 37.1 Å². The van der Waals surface area contributed by atoms with Gasteiger partial charge in [-0.3, -0.25) is 14.7 Å². The highest BCUT2D eigenvalue weighted by Crippen LogP contribution is 2.24. The molecule has 0 saturated heterocycles. The number of aromatic nitrogens is 3. The zero-order valence-electron chi connectivity index (χ0n) is 14.2. The van der Waals surface area contributed by atoms with E-state index in [9.17, 15) is 9.59 Å². The van der Waals surface area contributed by atoms with E-state index in [-0.39, 0.29) is 17.9 Å². The zero-order valence-corrected chi connectivity index (χ0v) is 14.2. The molecule has 3 rings (SSSR count). The molecular formula is C18H22N4O3. The Balaban J connectivity index is 1.58. The Kier molecular flexibility index (Phi) is 5.11. The van der Waals surface area contributed by atoms with Crippen LogP contribution in [0.15, 0.2) is 24.3 Å². The maximum absolute atomic E-state index is 12.4. The highest BCUT2D eigenvalue weighted by molar-refractivity contribution is 5.94. The van der Waals surface area contributed by atoms with Crippen molar-refractivity contribution in [3.8, 4) is 11.4 Å². The molecule has 1 aromatic carbocycles. The lowest BCUT2D eigenvalue weighted by Crippen LogP contribution is -2.38. The number of carboxylic acid groups (broad SMARTS) is 1. The highest BCUT2D eigenvalue weighted by Gasteiger charge is 2.26. The molecule has 25 heavy (non-hydrogen) atoms. The summed E-state index contributed by atoms with van der Waals surface area (Å²) in [7, 11) is 0. The largest absolute Gasteiger partial charge is 0.481 e. The molecule has 0 radical (unpaired) electrons. The smallest absolute Gasteiger partial charge is 0.306 e. The predicted octanol–water partition coefficient (Wildman–Crippen LogP) is 2.41. The number of amides is 1. The summed E-state index contributed by atoms with van der Waals surface area (Å²) in [6.07, 6.45) is 3.43. The summed E-state index contributed by atoms with van der Waals surface area (Å²) >= 11 is 0. The van der Waals surface area contributed by atoms with Gasteiger partial charge in [-0.15, -0.1) is 0 Å². The number of nitrogens with zero attached hydrogens (tertiary/aromatic N) is 2. The number of benzene rings is 1. The van der Waals surface area contributed by atoms with Crippen molar-refractivity contribution >= 4 is 11.9 Å². The molecule has 1 aliphatic carbocycles. The van der Waals surface area contributed by atoms with Crippen molar-refractivity contribution in [3.63, 3.8) is 0 Å². The second-order valence-corrected chi connectivity index (χ2v) is 6.40. The SMILES string of the molecule is CCc1nc(-c2ccc(C(=O)NC3CCC(C(=O)O)CC3)cc2)n[nH]1. The number of rotatable bonds is 5. The van der Waals surface area contributed by atoms with Crippen molar-refractivity contribution in [2.24, 2.45) is 5.92 Å². The molecule has 2 aromatic rings. The molecule has 0 spiro atoms. The second kappa shape index (κ2) is 7.46. The second-order valence-electron chi connectivity index (χ2n) is 6.40. The van der Waals surface area contributed by atoms with E-state index in [2.05, 4.69) is 20.5 Å². The number of carboxylic acids is 1. The third-order valence-corrected chi connectivity index (χ3v) is 4.68. The lowest BCUT2D eigenvalue weighted by molar-refractivity contribution is -0.142. The number of nitrogens with one attached hydrogen (secondary N) is 2. The summed E-state index contributed by atoms with van der Waals surface area (Å²) < 4.78 is 0. The quantitative estimate of drug-likeness (QED) is 0.773. The number of aromatic amines is 1. The topological polar surface area (TPSA) is 108 Å². The van der Waals surface area contributed by atoms with Gasteiger partial charge in [-0.2, -0.15) is 5.10 Å². The maximum Gasteiger partial charge on any atom is 0.306 e. The van der Waals surface area contributed by atoms with E-state index in [4.69, 9.17) is 5.11 Å². The van der Waals surface area contributed by atoms with Crippen LogP contribution in [0.2, 0.25) is 0 Å². The third-order valence-electron chi connectivity index (χ3n) is 4.68. The van der Waals surface area contributed by atoms with Crippen LogP contribution < -0.4 is 5.32 Å². The lowest BCUT2D eigenvalue weighted by Gasteiger charge is -2.26. The van der Waals surface area contributed by atoms with Gasteiger partial charge in [0.15, 0.2) is 5.82 Å². The Bertz CT molecular complexity index is 746. The molecule has 132 valence electrons. The predicted molar refractivity (Wildman–Crippen MR) is 92.0 cm³/mol. The fraction of sp³-hybridized carbons (Fsp3) is 0.444. The Morgan fingerprint density at radius 1 is 1.20 bits per heavy atom. The number of carbonyl (C=O) groups excluding carboxylic acids is 1. The van der Waals surface area contributed by atoms with Crippen molar-refractivity contribution in [3.05, 3.63) is 35.7 Å². The zero-order chi connectivity index (χ0) is 17.8. The minimum absolute atomic E-state index is 0.0443. The van der Waals surface area contributed by atoms with Crippen LogP contribution in [0.25, 0.3) is 11.4 Å². The summed E-state index contributed by atoms with van der Waals surface area (Å²) in [5.74, 6) is 0.305. The van der Waals surface area contributed by atoms with Crippen LogP contribution in [-0.2, 0) is 11.2 Å². The average molecular weight is 342 g/mol. The molecule has 0 atom stereocenters. The number of aliphatic carboxylic acids is 1. The van der Waals surface area contributed by atoms with E-state index >= 15 is 0 Å². The van der Waals surface area contributed by atoms with Gasteiger partial charge in [0.05, 0.1) is 5.92 Å². The van der Waals surface area contributed by atoms with Gasteiger partial charge in [0.1, 0.15) is 5.82 Å². The monoisotopic (exact) mass is 342 g/mol. The number of hydrogen-bond donors (Lipinski definition) is 3. The number of hydrogen-bond acceptors (Lipinski definition) is 4. The van der Waals surface area contributed by atoms with Gasteiger partial charge in [0.25, 0.3) is 5.91 Å². The summed E-state index contributed by atoms with van der Waals surface area (Å²) in [6.45, 7) is 2.00. The summed E-state index contributed by atoms with van der Waals surface area (Å²) in [4.78, 5) is 27.7. The molecule has 0 bridgehead atoms. The van der Waals surface area contributed by atoms with Gasteiger partial charge >= 0.3 is 5.97 Å². The van der Waals surface area contributed by atoms with Crippen molar-refractivity contribution in [2.75, 3.05) is 0 Å². The number of H-pyrrole nitrogens is 1. The standard InChI is InChI=1S/C18H22N4O3/c1-2-15-20-16(22-21-15)11-3-5-12(6-4-11)17(23)19-14-9-7-13(8-10-14)18(24)25/h3-6,13-14H,2,7-10H2,1H3,(H,19,23)(H,24,25)(H,20,21,22). The summed E-state index contributed by atoms with van der Waals surface area (Å²) in [5, 5.41) is 19.1. The molecule has 1 saturated carbocycles. The Hall–Kier alpha value is -2.70. The van der Waals surface area contributed by atoms with E-state index in [0.717, 1.165) is 17.8 Å². The Labute approximate surface area is 145 Å². The van der Waals surface area contributed by atoms with Crippen molar-refractivity contribution < 1.29 is 14.7 Å². The van der Waals surface area contributed by atoms with E-state index in [1.54, 1.807) is 12.1 Å². The molecule has 7 nitrogen and oxygen atoms in total. The van der Waals surface area contributed by atoms with Crippen LogP contribution in [0.4, 0.5) is 0 Å². The molecule has 1 amide bonds. The first-order chi connectivity index (χ1) is 12.1. The summed E-state index contributed by atoms with van der Waals surface area (Å²) in [6, 6.07) is 7.23. The van der Waals surface area contributed by atoms with Crippen LogP contribution in [0.5, 0.6) is 0 Å². The molecular weight excluding hydrogens is 320 g/mol. The first-order valence-corrected chi connectivity index (χ1v) is 8.62. The molecule has 1 fully saturated rings. The molecule has 0 unspecified atom stereocenters. The van der Waals surface area contributed by atoms with Crippen molar-refractivity contribution in [2.45, 2.75) is 45.1 Å². The normalized spacial score (nSPS) is 20.2. The molecule has 1 heterocycles. The van der Waals surface area contributed by atoms with Crippen LogP contribution in [0, 0.1) is 5.92 Å². The number of aryl methyl sites for hydroxylation is 1. The Morgan fingerprint density at radius 2 is 1.88 bits per heavy atom. The molecule has 1 aromatic heterocycles. The first kappa shape index (κ1) is 17.1. The van der Waals surface area contributed by atoms with E-state index < -0.39 is 5.97 Å². The molecule has 7 heteroatoms. The maximum atomic E-state index is 12.4. The third kappa shape index (κ3) is 4.04. The molecule has 1 aliphatic rings. The van der Waals surface area contributed by atoms with E-state index in [1.165, 1.54) is 0 Å². The molecule has 0 aliphatic heterocycles. The lowest BCUT2D eigenvalue weighted by atomic mass is 9.86. The van der Waals surface area contributed by atoms with E-state index in [1.807, 2.05) is 19.1 Å². The van der Waals surface area contributed by atoms with Gasteiger partial charge < -0.3 is 10.4 Å². The van der Waals surface area contributed by atoms with Gasteiger partial charge in [0, 0.05) is 23.6 Å². The number of carbonyl (C=O) groups is 2. The minimum Gasteiger partial charge on any atom is -0.481 e. The van der Waals surface area contributed by atoms with Crippen LogP contribution in [0.1, 0.15) is 48.8 Å². The van der Waals surface area contributed by atoms with Gasteiger partial charge in [0.2, 0.25) is 0 Å². The fourth-order valence-electron chi connectivity index (χ4n) is 3.11. The van der Waals surface area contributed by atoms with Gasteiger partial charge in [-0.1, -0.05) is 19.1 Å². The van der Waals surface area contributed by atoms with Gasteiger partial charge in [-0.25, -0.2) is 4.98 Å². The Morgan fingerprint density at radius 3 is 2.44 bits per heavy atom. The average Bonchev–Trinajstić information content (AvgIpc) is 3.11. The fourth-order valence-corrected chi connectivity index (χ4v) is 3.11. The van der Waals surface area contributed by atoms with Crippen molar-refractivity contribution in [1.82, 2.24) is 20.5 Å². The van der Waals surface area contributed by atoms with Crippen LogP contribution in [0.3, 0.4) is 0 Å². The van der Waals surface area contributed by atoms with Crippen molar-refractivity contribution in [1.29, 1.82) is 0 Å². The first-order valence-electron chi connectivity index (χ1n) is 8.62. The summed E-state index contributed by atoms with van der Waals surface area (Å²) in [5.41, 5.74) is 1.44. The minimum atomic E-state index is -0.737. The van der Waals surface area contributed by atoms with Gasteiger partial charge in [-0.05, 0) is 37.8 Å². The highest BCUT2D eigenvalue weighted by atomic mass is 16.4. The molecule has 3 N–H and O–H groups in total. The van der Waals surface area contributed by atoms with Crippen LogP contribution >= 0.6 is 0 Å². The van der Waals surface area contributed by atoms with Crippen LogP contribution in [-0.4, -0.2) is 38.2 Å².